The Bertz CT molecular complexity index is 480. The molecule has 3 unspecified atom stereocenters. The van der Waals surface area contributed by atoms with Gasteiger partial charge < -0.3 is 10.1 Å². The molecule has 0 aromatic heterocycles. The Morgan fingerprint density at radius 1 is 1.32 bits per heavy atom. The number of rotatable bonds is 3. The SMILES string of the molecule is COc1ccccc1NC1(C#N)CCC(C)C(C)C1. The molecule has 0 aliphatic heterocycles. The van der Waals surface area contributed by atoms with Crippen molar-refractivity contribution < 1.29 is 4.74 Å². The first-order valence-electron chi connectivity index (χ1n) is 6.92. The molecule has 0 spiro atoms. The van der Waals surface area contributed by atoms with Crippen molar-refractivity contribution >= 4 is 5.69 Å². The molecular weight excluding hydrogens is 236 g/mol. The smallest absolute Gasteiger partial charge is 0.141 e. The number of para-hydroxylation sites is 2. The number of benzene rings is 1. The normalized spacial score (nSPS) is 30.4. The summed E-state index contributed by atoms with van der Waals surface area (Å²) in [6, 6.07) is 10.3. The van der Waals surface area contributed by atoms with Gasteiger partial charge in [-0.05, 0) is 43.2 Å². The van der Waals surface area contributed by atoms with E-state index in [4.69, 9.17) is 4.74 Å². The molecule has 0 heterocycles. The molecule has 2 rings (SSSR count). The van der Waals surface area contributed by atoms with Crippen molar-refractivity contribution in [1.82, 2.24) is 0 Å². The third kappa shape index (κ3) is 2.84. The zero-order chi connectivity index (χ0) is 13.9. The molecule has 0 amide bonds. The van der Waals surface area contributed by atoms with Crippen LogP contribution < -0.4 is 10.1 Å². The van der Waals surface area contributed by atoms with Crippen LogP contribution in [0.2, 0.25) is 0 Å². The fraction of sp³-hybridized carbons (Fsp3) is 0.562. The Morgan fingerprint density at radius 2 is 2.05 bits per heavy atom. The number of nitrogens with one attached hydrogen (secondary N) is 1. The highest BCUT2D eigenvalue weighted by atomic mass is 16.5. The molecule has 1 fully saturated rings. The number of nitriles is 1. The lowest BCUT2D eigenvalue weighted by Crippen LogP contribution is -2.43. The molecule has 3 nitrogen and oxygen atoms in total. The minimum Gasteiger partial charge on any atom is -0.495 e. The molecule has 1 aliphatic carbocycles. The van der Waals surface area contributed by atoms with E-state index in [0.29, 0.717) is 11.8 Å². The van der Waals surface area contributed by atoms with Gasteiger partial charge in [0.1, 0.15) is 11.3 Å². The van der Waals surface area contributed by atoms with Gasteiger partial charge in [0.05, 0.1) is 18.9 Å². The van der Waals surface area contributed by atoms with E-state index in [1.54, 1.807) is 7.11 Å². The van der Waals surface area contributed by atoms with E-state index in [2.05, 4.69) is 25.2 Å². The molecule has 102 valence electrons. The first-order valence-corrected chi connectivity index (χ1v) is 6.92. The quantitative estimate of drug-likeness (QED) is 0.896. The minimum atomic E-state index is -0.458. The number of nitrogens with zero attached hydrogens (tertiary/aromatic N) is 1. The van der Waals surface area contributed by atoms with Crippen LogP contribution in [0.1, 0.15) is 33.1 Å². The van der Waals surface area contributed by atoms with Crippen LogP contribution in [-0.2, 0) is 0 Å². The van der Waals surface area contributed by atoms with Gasteiger partial charge in [-0.15, -0.1) is 0 Å². The molecule has 1 aromatic carbocycles. The van der Waals surface area contributed by atoms with Crippen LogP contribution in [0.5, 0.6) is 5.75 Å². The molecule has 0 radical (unpaired) electrons. The second kappa shape index (κ2) is 5.52. The van der Waals surface area contributed by atoms with Gasteiger partial charge in [-0.25, -0.2) is 0 Å². The van der Waals surface area contributed by atoms with Crippen LogP contribution in [0.15, 0.2) is 24.3 Å². The number of methoxy groups -OCH3 is 1. The second-order valence-electron chi connectivity index (χ2n) is 5.72. The van der Waals surface area contributed by atoms with E-state index >= 15 is 0 Å². The number of hydrogen-bond donors (Lipinski definition) is 1. The van der Waals surface area contributed by atoms with Crippen molar-refractivity contribution in [3.05, 3.63) is 24.3 Å². The standard InChI is InChI=1S/C16H22N2O/c1-12-8-9-16(11-17,10-13(12)2)18-14-6-4-5-7-15(14)19-3/h4-7,12-13,18H,8-10H2,1-3H3. The minimum absolute atomic E-state index is 0.458. The average molecular weight is 258 g/mol. The molecule has 3 heteroatoms. The fourth-order valence-electron chi connectivity index (χ4n) is 2.86. The lowest BCUT2D eigenvalue weighted by atomic mass is 9.72. The third-order valence-electron chi connectivity index (χ3n) is 4.36. The molecule has 1 aromatic rings. The Labute approximate surface area is 115 Å². The molecule has 19 heavy (non-hydrogen) atoms. The Balaban J connectivity index is 2.22. The van der Waals surface area contributed by atoms with Crippen molar-refractivity contribution in [3.63, 3.8) is 0 Å². The second-order valence-corrected chi connectivity index (χ2v) is 5.72. The first-order chi connectivity index (χ1) is 9.10. The summed E-state index contributed by atoms with van der Waals surface area (Å²) in [5.74, 6) is 2.06. The summed E-state index contributed by atoms with van der Waals surface area (Å²) >= 11 is 0. The van der Waals surface area contributed by atoms with Crippen molar-refractivity contribution in [2.24, 2.45) is 11.8 Å². The van der Waals surface area contributed by atoms with Gasteiger partial charge in [-0.3, -0.25) is 0 Å². The van der Waals surface area contributed by atoms with E-state index in [-0.39, 0.29) is 0 Å². The summed E-state index contributed by atoms with van der Waals surface area (Å²) in [7, 11) is 1.66. The van der Waals surface area contributed by atoms with Gasteiger partial charge in [0, 0.05) is 0 Å². The number of ether oxygens (including phenoxy) is 1. The average Bonchev–Trinajstić information content (AvgIpc) is 2.44. The van der Waals surface area contributed by atoms with E-state index in [1.165, 1.54) is 0 Å². The van der Waals surface area contributed by atoms with Crippen LogP contribution in [0.4, 0.5) is 5.69 Å². The Hall–Kier alpha value is -1.69. The predicted octanol–water partition coefficient (Wildman–Crippen LogP) is 3.83. The first kappa shape index (κ1) is 13.7. The number of anilines is 1. The van der Waals surface area contributed by atoms with E-state index in [0.717, 1.165) is 30.7 Å². The number of hydrogen-bond acceptors (Lipinski definition) is 3. The van der Waals surface area contributed by atoms with Crippen LogP contribution in [-0.4, -0.2) is 12.6 Å². The zero-order valence-corrected chi connectivity index (χ0v) is 11.9. The third-order valence-corrected chi connectivity index (χ3v) is 4.36. The lowest BCUT2D eigenvalue weighted by Gasteiger charge is -2.39. The van der Waals surface area contributed by atoms with Gasteiger partial charge >= 0.3 is 0 Å². The molecule has 3 atom stereocenters. The van der Waals surface area contributed by atoms with Crippen LogP contribution >= 0.6 is 0 Å². The van der Waals surface area contributed by atoms with E-state index < -0.39 is 5.54 Å². The van der Waals surface area contributed by atoms with Gasteiger partial charge in [0.25, 0.3) is 0 Å². The Kier molecular flexibility index (Phi) is 3.99. The summed E-state index contributed by atoms with van der Waals surface area (Å²) in [5.41, 5.74) is 0.453. The maximum atomic E-state index is 9.62. The molecule has 1 saturated carbocycles. The van der Waals surface area contributed by atoms with Crippen LogP contribution in [0.3, 0.4) is 0 Å². The van der Waals surface area contributed by atoms with Crippen molar-refractivity contribution in [2.45, 2.75) is 38.6 Å². The van der Waals surface area contributed by atoms with Gasteiger partial charge in [0.2, 0.25) is 0 Å². The van der Waals surface area contributed by atoms with E-state index in [1.807, 2.05) is 24.3 Å². The highest BCUT2D eigenvalue weighted by Crippen LogP contribution is 2.39. The summed E-state index contributed by atoms with van der Waals surface area (Å²) in [6.45, 7) is 4.51. The molecule has 0 saturated heterocycles. The summed E-state index contributed by atoms with van der Waals surface area (Å²) < 4.78 is 5.35. The molecular formula is C16H22N2O. The highest BCUT2D eigenvalue weighted by molar-refractivity contribution is 5.59. The summed E-state index contributed by atoms with van der Waals surface area (Å²) in [5, 5.41) is 13.0. The predicted molar refractivity (Wildman–Crippen MR) is 77.1 cm³/mol. The van der Waals surface area contributed by atoms with Crippen molar-refractivity contribution in [2.75, 3.05) is 12.4 Å². The molecule has 0 bridgehead atoms. The van der Waals surface area contributed by atoms with Gasteiger partial charge in [-0.2, -0.15) is 5.26 Å². The van der Waals surface area contributed by atoms with Crippen molar-refractivity contribution in [3.8, 4) is 11.8 Å². The van der Waals surface area contributed by atoms with Crippen LogP contribution in [0, 0.1) is 23.2 Å². The largest absolute Gasteiger partial charge is 0.495 e. The Morgan fingerprint density at radius 3 is 2.68 bits per heavy atom. The lowest BCUT2D eigenvalue weighted by molar-refractivity contribution is 0.226. The fourth-order valence-corrected chi connectivity index (χ4v) is 2.86. The topological polar surface area (TPSA) is 45.0 Å². The van der Waals surface area contributed by atoms with Gasteiger partial charge in [-0.1, -0.05) is 26.0 Å². The molecule has 1 aliphatic rings. The zero-order valence-electron chi connectivity index (χ0n) is 11.9. The maximum absolute atomic E-state index is 9.62. The molecule has 1 N–H and O–H groups in total. The van der Waals surface area contributed by atoms with Gasteiger partial charge in [0.15, 0.2) is 0 Å². The van der Waals surface area contributed by atoms with Crippen molar-refractivity contribution in [1.29, 1.82) is 5.26 Å². The van der Waals surface area contributed by atoms with Crippen LogP contribution in [0.25, 0.3) is 0 Å². The monoisotopic (exact) mass is 258 g/mol. The maximum Gasteiger partial charge on any atom is 0.141 e. The highest BCUT2D eigenvalue weighted by Gasteiger charge is 2.38. The van der Waals surface area contributed by atoms with E-state index in [9.17, 15) is 5.26 Å². The summed E-state index contributed by atoms with van der Waals surface area (Å²) in [4.78, 5) is 0. The summed E-state index contributed by atoms with van der Waals surface area (Å²) in [6.07, 6.45) is 2.88.